The van der Waals surface area contributed by atoms with E-state index in [1.807, 2.05) is 54.6 Å². The predicted octanol–water partition coefficient (Wildman–Crippen LogP) is 7.31. The number of carbonyl (C=O) groups is 1. The van der Waals surface area contributed by atoms with Crippen LogP contribution in [-0.4, -0.2) is 16.0 Å². The Morgan fingerprint density at radius 1 is 0.944 bits per heavy atom. The molecule has 0 aliphatic carbocycles. The smallest absolute Gasteiger partial charge is 0.323 e. The van der Waals surface area contributed by atoms with E-state index in [2.05, 4.69) is 50.3 Å². The Bertz CT molecular complexity index is 1410. The maximum absolute atomic E-state index is 13.0. The molecule has 0 saturated carbocycles. The minimum atomic E-state index is -0.270. The molecule has 5 rings (SSSR count). The third kappa shape index (κ3) is 5.58. The van der Waals surface area contributed by atoms with Gasteiger partial charge in [0, 0.05) is 22.7 Å². The molecule has 0 saturated heterocycles. The number of aromatic nitrogens is 2. The number of fused-ring (bicyclic) bond motifs is 6. The number of urea groups is 1. The second-order valence-corrected chi connectivity index (χ2v) is 9.11. The van der Waals surface area contributed by atoms with Gasteiger partial charge in [0.1, 0.15) is 5.02 Å². The maximum Gasteiger partial charge on any atom is 0.323 e. The van der Waals surface area contributed by atoms with Crippen molar-refractivity contribution in [3.05, 3.63) is 94.6 Å². The molecule has 7 nitrogen and oxygen atoms in total. The summed E-state index contributed by atoms with van der Waals surface area (Å²) < 4.78 is 0. The number of para-hydroxylation sites is 1. The Kier molecular flexibility index (Phi) is 7.00. The molecule has 2 heterocycles. The highest BCUT2D eigenvalue weighted by Crippen LogP contribution is 2.29. The van der Waals surface area contributed by atoms with Gasteiger partial charge in [-0.05, 0) is 72.4 Å². The van der Waals surface area contributed by atoms with E-state index in [0.717, 1.165) is 65.1 Å². The van der Waals surface area contributed by atoms with E-state index in [0.29, 0.717) is 16.8 Å². The number of nitrogens with one attached hydrogen (secondary N) is 4. The van der Waals surface area contributed by atoms with E-state index in [4.69, 9.17) is 11.6 Å². The summed E-state index contributed by atoms with van der Waals surface area (Å²) in [7, 11) is 0. The van der Waals surface area contributed by atoms with Crippen LogP contribution < -0.4 is 21.3 Å². The summed E-state index contributed by atoms with van der Waals surface area (Å²) in [6.07, 6.45) is 5.02. The van der Waals surface area contributed by atoms with E-state index >= 15 is 0 Å². The molecule has 0 radical (unpaired) electrons. The lowest BCUT2D eigenvalue weighted by molar-refractivity contribution is 0.262. The number of halogens is 1. The topological polar surface area (TPSA) is 91.0 Å². The van der Waals surface area contributed by atoms with Gasteiger partial charge in [0.25, 0.3) is 0 Å². The first-order chi connectivity index (χ1) is 17.6. The van der Waals surface area contributed by atoms with Crippen molar-refractivity contribution in [2.45, 2.75) is 32.6 Å². The number of nitrogens with zero attached hydrogens (tertiary/aromatic N) is 2. The fraction of sp³-hybridized carbons (Fsp3) is 0.179. The predicted molar refractivity (Wildman–Crippen MR) is 147 cm³/mol. The largest absolute Gasteiger partial charge is 0.339 e. The lowest BCUT2D eigenvalue weighted by atomic mass is 10.0. The third-order valence-corrected chi connectivity index (χ3v) is 6.29. The number of aryl methyl sites for hydroxylation is 3. The molecule has 8 heteroatoms. The monoisotopic (exact) mass is 498 g/mol. The second-order valence-electron chi connectivity index (χ2n) is 8.70. The van der Waals surface area contributed by atoms with Crippen molar-refractivity contribution < 1.29 is 4.79 Å². The van der Waals surface area contributed by atoms with Gasteiger partial charge < -0.3 is 21.3 Å². The Balaban J connectivity index is 1.44. The number of hydrogen-bond acceptors (Lipinski definition) is 5. The van der Waals surface area contributed by atoms with Gasteiger partial charge in [0.15, 0.2) is 5.82 Å². The van der Waals surface area contributed by atoms with Gasteiger partial charge in [-0.3, -0.25) is 0 Å². The standard InChI is InChI=1S/C28H27ClN6O/c1-2-6-19-8-3-4-10-24(19)33-28(36)34-25-14-13-22-16-20(25)12-11-18-7-5-9-21(15-18)32-27-30-17-23(29)26(31-22)35-27/h3-5,7-10,13-17H,2,6,11-12H2,1H3,(H2,33,34,36)(H2,30,31,32,35). The first-order valence-corrected chi connectivity index (χ1v) is 12.4. The molecule has 182 valence electrons. The molecule has 1 aliphatic rings. The fourth-order valence-corrected chi connectivity index (χ4v) is 4.41. The van der Waals surface area contributed by atoms with Gasteiger partial charge in [-0.1, -0.05) is 55.3 Å². The van der Waals surface area contributed by atoms with Gasteiger partial charge >= 0.3 is 6.03 Å². The van der Waals surface area contributed by atoms with E-state index in [-0.39, 0.29) is 6.03 Å². The van der Waals surface area contributed by atoms with Crippen molar-refractivity contribution in [2.24, 2.45) is 0 Å². The van der Waals surface area contributed by atoms with Gasteiger partial charge in [-0.2, -0.15) is 4.98 Å². The SMILES string of the molecule is CCCc1ccccc1NC(=O)Nc1ccc2cc1CCc1cccc(c1)Nc1ncc(Cl)c(n1)N2. The summed E-state index contributed by atoms with van der Waals surface area (Å²) in [5.41, 5.74) is 6.58. The molecule has 0 atom stereocenters. The average molecular weight is 499 g/mol. The van der Waals surface area contributed by atoms with Gasteiger partial charge in [-0.15, -0.1) is 0 Å². The summed E-state index contributed by atoms with van der Waals surface area (Å²) in [4.78, 5) is 21.8. The summed E-state index contributed by atoms with van der Waals surface area (Å²) >= 11 is 6.36. The Morgan fingerprint density at radius 2 is 1.78 bits per heavy atom. The third-order valence-electron chi connectivity index (χ3n) is 6.01. The Morgan fingerprint density at radius 3 is 2.67 bits per heavy atom. The normalized spacial score (nSPS) is 12.2. The van der Waals surface area contributed by atoms with E-state index in [1.54, 1.807) is 6.20 Å². The molecule has 1 aromatic heterocycles. The minimum absolute atomic E-state index is 0.270. The Labute approximate surface area is 215 Å². The number of anilines is 6. The van der Waals surface area contributed by atoms with Crippen LogP contribution >= 0.6 is 11.6 Å². The highest BCUT2D eigenvalue weighted by Gasteiger charge is 2.13. The molecular formula is C28H27ClN6O. The lowest BCUT2D eigenvalue weighted by Gasteiger charge is -2.16. The molecule has 4 aromatic rings. The zero-order valence-corrected chi connectivity index (χ0v) is 20.7. The molecule has 0 fully saturated rings. The van der Waals surface area contributed by atoms with Crippen LogP contribution in [0, 0.1) is 0 Å². The molecule has 36 heavy (non-hydrogen) atoms. The quantitative estimate of drug-likeness (QED) is 0.237. The van der Waals surface area contributed by atoms with Gasteiger partial charge in [0.2, 0.25) is 5.95 Å². The molecular weight excluding hydrogens is 472 g/mol. The van der Waals surface area contributed by atoms with E-state index < -0.39 is 0 Å². The van der Waals surface area contributed by atoms with Crippen molar-refractivity contribution in [3.63, 3.8) is 0 Å². The molecule has 2 amide bonds. The van der Waals surface area contributed by atoms with Crippen molar-refractivity contribution in [1.29, 1.82) is 0 Å². The molecule has 4 N–H and O–H groups in total. The lowest BCUT2D eigenvalue weighted by Crippen LogP contribution is -2.21. The number of rotatable bonds is 4. The van der Waals surface area contributed by atoms with Crippen molar-refractivity contribution in [2.75, 3.05) is 21.3 Å². The summed E-state index contributed by atoms with van der Waals surface area (Å²) in [5.74, 6) is 0.957. The summed E-state index contributed by atoms with van der Waals surface area (Å²) in [6.45, 7) is 2.13. The number of benzene rings is 3. The van der Waals surface area contributed by atoms with Crippen LogP contribution in [-0.2, 0) is 19.3 Å². The summed E-state index contributed by atoms with van der Waals surface area (Å²) in [5, 5.41) is 13.0. The second kappa shape index (κ2) is 10.7. The molecule has 1 aliphatic heterocycles. The number of hydrogen-bond donors (Lipinski definition) is 4. The fourth-order valence-electron chi connectivity index (χ4n) is 4.27. The zero-order valence-electron chi connectivity index (χ0n) is 19.9. The highest BCUT2D eigenvalue weighted by atomic mass is 35.5. The van der Waals surface area contributed by atoms with Crippen LogP contribution in [0.1, 0.15) is 30.0 Å². The molecule has 0 unspecified atom stereocenters. The zero-order chi connectivity index (χ0) is 24.9. The van der Waals surface area contributed by atoms with Crippen LogP contribution in [0.15, 0.2) is 72.9 Å². The highest BCUT2D eigenvalue weighted by molar-refractivity contribution is 6.32. The van der Waals surface area contributed by atoms with E-state index in [1.165, 1.54) is 0 Å². The number of amides is 2. The summed E-state index contributed by atoms with van der Waals surface area (Å²) in [6, 6.07) is 21.6. The van der Waals surface area contributed by atoms with Crippen molar-refractivity contribution in [3.8, 4) is 0 Å². The van der Waals surface area contributed by atoms with Crippen LogP contribution in [0.5, 0.6) is 0 Å². The van der Waals surface area contributed by atoms with Crippen molar-refractivity contribution in [1.82, 2.24) is 9.97 Å². The first kappa shape index (κ1) is 23.6. The average Bonchev–Trinajstić information content (AvgIpc) is 2.87. The van der Waals surface area contributed by atoms with Gasteiger partial charge in [0.05, 0.1) is 6.20 Å². The molecule has 0 spiro atoms. The minimum Gasteiger partial charge on any atom is -0.339 e. The molecule has 6 bridgehead atoms. The maximum atomic E-state index is 13.0. The van der Waals surface area contributed by atoms with Crippen LogP contribution in [0.4, 0.5) is 39.3 Å². The van der Waals surface area contributed by atoms with Crippen molar-refractivity contribution >= 4 is 52.1 Å². The van der Waals surface area contributed by atoms with Crippen LogP contribution in [0.25, 0.3) is 0 Å². The first-order valence-electron chi connectivity index (χ1n) is 12.0. The molecule has 3 aromatic carbocycles. The Hall–Kier alpha value is -4.10. The van der Waals surface area contributed by atoms with E-state index in [9.17, 15) is 4.79 Å². The van der Waals surface area contributed by atoms with Crippen LogP contribution in [0.2, 0.25) is 5.02 Å². The van der Waals surface area contributed by atoms with Crippen LogP contribution in [0.3, 0.4) is 0 Å². The van der Waals surface area contributed by atoms with Gasteiger partial charge in [-0.25, -0.2) is 9.78 Å². The number of carbonyl (C=O) groups excluding carboxylic acids is 1.